The first-order chi connectivity index (χ1) is 34.2. The zero-order valence-corrected chi connectivity index (χ0v) is 48.0. The van der Waals surface area contributed by atoms with Gasteiger partial charge in [-0.15, -0.1) is 29.3 Å². The van der Waals surface area contributed by atoms with Crippen LogP contribution in [0.15, 0.2) is 136 Å². The number of aromatic hydroxyl groups is 1. The number of imidazole rings is 1. The fourth-order valence-electron chi connectivity index (χ4n) is 10.0. The van der Waals surface area contributed by atoms with Gasteiger partial charge in [-0.05, 0) is 79.5 Å². The van der Waals surface area contributed by atoms with Gasteiger partial charge in [0, 0.05) is 62.0 Å². The number of aromatic nitrogens is 4. The summed E-state index contributed by atoms with van der Waals surface area (Å²) in [6.45, 7) is 33.3. The van der Waals surface area contributed by atoms with Crippen LogP contribution in [-0.4, -0.2) is 24.6 Å². The molecule has 0 atom stereocenters. The van der Waals surface area contributed by atoms with Gasteiger partial charge in [0.05, 0.1) is 27.8 Å². The molecule has 6 aromatic carbocycles. The molecule has 4 heterocycles. The van der Waals surface area contributed by atoms with Crippen LogP contribution in [0.1, 0.15) is 132 Å². The molecule has 4 aromatic heterocycles. The third kappa shape index (κ3) is 9.93. The average Bonchev–Trinajstić information content (AvgIpc) is 4.01. The molecule has 0 spiro atoms. The molecule has 0 saturated heterocycles. The van der Waals surface area contributed by atoms with Crippen LogP contribution in [0.3, 0.4) is 0 Å². The van der Waals surface area contributed by atoms with Gasteiger partial charge in [-0.1, -0.05) is 182 Å². The van der Waals surface area contributed by atoms with E-state index in [0.29, 0.717) is 17.1 Å². The number of nitrogens with zero attached hydrogens (tertiary/aromatic N) is 4. The molecule has 10 rings (SSSR count). The quantitative estimate of drug-likeness (QED) is 0.160. The van der Waals surface area contributed by atoms with E-state index in [0.717, 1.165) is 107 Å². The van der Waals surface area contributed by atoms with Gasteiger partial charge in [-0.2, -0.15) is 0 Å². The van der Waals surface area contributed by atoms with Gasteiger partial charge < -0.3 is 13.9 Å². The van der Waals surface area contributed by atoms with Gasteiger partial charge in [0.25, 0.3) is 0 Å². The molecule has 0 aliphatic heterocycles. The predicted molar refractivity (Wildman–Crippen MR) is 302 cm³/mol. The molecular weight excluding hydrogens is 1090 g/mol. The molecule has 0 unspecified atom stereocenters. The Morgan fingerprint density at radius 1 is 0.541 bits per heavy atom. The number of fused-ring (bicyclic) bond motifs is 3. The molecular formula is C66H69N4O3Pt-. The van der Waals surface area contributed by atoms with Crippen molar-refractivity contribution in [1.29, 1.82) is 0 Å². The van der Waals surface area contributed by atoms with Crippen molar-refractivity contribution in [3.05, 3.63) is 162 Å². The molecule has 0 aliphatic carbocycles. The summed E-state index contributed by atoms with van der Waals surface area (Å²) in [6.07, 6.45) is 2.45. The summed E-state index contributed by atoms with van der Waals surface area (Å²) in [5, 5.41) is 13.5. The van der Waals surface area contributed by atoms with Crippen LogP contribution < -0.4 is 0 Å². The predicted octanol–water partition coefficient (Wildman–Crippen LogP) is 17.9. The van der Waals surface area contributed by atoms with E-state index in [9.17, 15) is 5.11 Å². The molecule has 0 bridgehead atoms. The normalized spacial score (nSPS) is 12.8. The van der Waals surface area contributed by atoms with E-state index in [1.165, 1.54) is 5.56 Å². The van der Waals surface area contributed by atoms with E-state index < -0.39 is 0 Å². The number of hydrogen-bond acceptors (Lipinski definition) is 6. The average molecular weight is 1160 g/mol. The molecule has 10 aromatic rings. The zero-order valence-electron chi connectivity index (χ0n) is 45.7. The first-order valence-corrected chi connectivity index (χ1v) is 25.7. The van der Waals surface area contributed by atoms with Gasteiger partial charge in [-0.25, -0.2) is 9.97 Å². The SMILES string of the molecule is CC(C)(C)Cc1cc2oc(-c3cccc4c(-c5[c-]c(-c6cccc7c6nc(-c6cc(C(C)(C)C)cc(C(C)(C)C)c6O)n7-c6ccc(C(C)(C)C)cc6-c6ccccc6)cc(C(C)(C)C)c5)ncnc34)cc2o1.[Pt]. The van der Waals surface area contributed by atoms with Crippen LogP contribution >= 0.6 is 0 Å². The Morgan fingerprint density at radius 2 is 1.18 bits per heavy atom. The standard InChI is InChI=1S/C66H69N4O3.Pt/c1-62(2,3)37-45-35-55-56(72-45)36-54(73-55)47-24-19-25-48-57(67-38-68-58(47)48)41-29-40(30-43(31-41)64(7,8)9)46-23-20-26-53-59(46)69-61(50-33-44(65(10,11)12)34-51(60(50)71)66(13,14)15)70(53)52-28-27-42(63(4,5)6)32-49(52)39-21-17-16-18-22-39;/h16-28,30-36,38,71H,37H2,1-15H3;/q-1;. The van der Waals surface area contributed by atoms with Crippen molar-refractivity contribution in [2.45, 2.75) is 132 Å². The second-order valence-electron chi connectivity index (χ2n) is 25.4. The monoisotopic (exact) mass is 1160 g/mol. The van der Waals surface area contributed by atoms with E-state index in [1.807, 2.05) is 24.3 Å². The van der Waals surface area contributed by atoms with Crippen LogP contribution in [0.25, 0.3) is 95.0 Å². The Kier molecular flexibility index (Phi) is 13.2. The third-order valence-electron chi connectivity index (χ3n) is 14.1. The third-order valence-corrected chi connectivity index (χ3v) is 14.1. The molecule has 0 saturated carbocycles. The minimum absolute atomic E-state index is 0. The van der Waals surface area contributed by atoms with Crippen LogP contribution in [-0.2, 0) is 49.1 Å². The van der Waals surface area contributed by atoms with E-state index in [-0.39, 0.29) is 53.9 Å². The summed E-state index contributed by atoms with van der Waals surface area (Å²) in [4.78, 5) is 15.6. The van der Waals surface area contributed by atoms with Crippen molar-refractivity contribution in [2.75, 3.05) is 0 Å². The number of phenols is 1. The summed E-state index contributed by atoms with van der Waals surface area (Å²) >= 11 is 0. The molecule has 0 amide bonds. The Morgan fingerprint density at radius 3 is 1.84 bits per heavy atom. The van der Waals surface area contributed by atoms with Crippen LogP contribution in [0, 0.1) is 11.5 Å². The minimum Gasteiger partial charge on any atom is -0.507 e. The van der Waals surface area contributed by atoms with Crippen molar-refractivity contribution < 1.29 is 35.0 Å². The summed E-state index contributed by atoms with van der Waals surface area (Å²) in [7, 11) is 0. The molecule has 0 aliphatic rings. The van der Waals surface area contributed by atoms with Crippen molar-refractivity contribution >= 4 is 33.1 Å². The molecule has 0 fully saturated rings. The van der Waals surface area contributed by atoms with Crippen LogP contribution in [0.2, 0.25) is 0 Å². The Balaban J connectivity index is 0.00000672. The second-order valence-corrected chi connectivity index (χ2v) is 25.4. The van der Waals surface area contributed by atoms with Crippen molar-refractivity contribution in [1.82, 2.24) is 19.5 Å². The molecule has 7 nitrogen and oxygen atoms in total. The largest absolute Gasteiger partial charge is 0.507 e. The molecule has 0 radical (unpaired) electrons. The van der Waals surface area contributed by atoms with Crippen molar-refractivity contribution in [3.63, 3.8) is 0 Å². The van der Waals surface area contributed by atoms with Crippen LogP contribution in [0.4, 0.5) is 0 Å². The Hall–Kier alpha value is -6.56. The van der Waals surface area contributed by atoms with Crippen molar-refractivity contribution in [3.8, 4) is 67.7 Å². The Bertz CT molecular complexity index is 3710. The van der Waals surface area contributed by atoms with Crippen molar-refractivity contribution in [2.24, 2.45) is 5.41 Å². The smallest absolute Gasteiger partial charge is 0.173 e. The number of rotatable bonds is 7. The fourth-order valence-corrected chi connectivity index (χ4v) is 10.0. The number of phenolic OH excluding ortho intramolecular Hbond substituents is 1. The summed E-state index contributed by atoms with van der Waals surface area (Å²) < 4.78 is 15.0. The fraction of sp³-hybridized carbons (Fsp3) is 0.318. The molecule has 8 heteroatoms. The maximum atomic E-state index is 12.6. The molecule has 382 valence electrons. The topological polar surface area (TPSA) is 90.1 Å². The number of benzene rings is 6. The summed E-state index contributed by atoms with van der Waals surface area (Å²) in [5.41, 5.74) is 15.6. The van der Waals surface area contributed by atoms with Gasteiger partial charge >= 0.3 is 0 Å². The summed E-state index contributed by atoms with van der Waals surface area (Å²) in [6, 6.07) is 46.6. The first kappa shape index (κ1) is 52.3. The molecule has 74 heavy (non-hydrogen) atoms. The second kappa shape index (κ2) is 18.7. The Labute approximate surface area is 451 Å². The number of furan rings is 2. The number of para-hydroxylation sites is 2. The zero-order chi connectivity index (χ0) is 52.2. The van der Waals surface area contributed by atoms with Gasteiger partial charge in [0.1, 0.15) is 29.4 Å². The first-order valence-electron chi connectivity index (χ1n) is 25.7. The van der Waals surface area contributed by atoms with Gasteiger partial charge in [0.2, 0.25) is 0 Å². The van der Waals surface area contributed by atoms with E-state index in [2.05, 4.69) is 212 Å². The van der Waals surface area contributed by atoms with E-state index in [4.69, 9.17) is 23.8 Å². The van der Waals surface area contributed by atoms with E-state index >= 15 is 0 Å². The van der Waals surface area contributed by atoms with E-state index in [1.54, 1.807) is 6.33 Å². The van der Waals surface area contributed by atoms with Gasteiger partial charge in [0.15, 0.2) is 11.2 Å². The molecule has 1 N–H and O–H groups in total. The maximum absolute atomic E-state index is 12.6. The van der Waals surface area contributed by atoms with Gasteiger partial charge in [-0.3, -0.25) is 9.55 Å². The number of hydrogen-bond donors (Lipinski definition) is 1. The minimum atomic E-state index is -0.351. The maximum Gasteiger partial charge on any atom is 0.173 e. The van der Waals surface area contributed by atoms with Crippen LogP contribution in [0.5, 0.6) is 5.75 Å². The summed E-state index contributed by atoms with van der Waals surface area (Å²) in [5.74, 6) is 2.50.